The molecule has 2 heterocycles. The zero-order chi connectivity index (χ0) is 14.9. The van der Waals surface area contributed by atoms with Gasteiger partial charge in [0.2, 0.25) is 5.91 Å². The third-order valence-corrected chi connectivity index (χ3v) is 4.62. The molecule has 2 fully saturated rings. The summed E-state index contributed by atoms with van der Waals surface area (Å²) in [5.74, 6) is 1.46. The molecule has 1 aromatic heterocycles. The summed E-state index contributed by atoms with van der Waals surface area (Å²) in [6, 6.07) is 10.2. The van der Waals surface area contributed by atoms with Crippen molar-refractivity contribution in [1.82, 2.24) is 19.7 Å². The topological polar surface area (TPSA) is 51.0 Å². The van der Waals surface area contributed by atoms with Crippen LogP contribution in [-0.4, -0.2) is 32.1 Å². The van der Waals surface area contributed by atoms with Gasteiger partial charge in [0.25, 0.3) is 0 Å². The van der Waals surface area contributed by atoms with Crippen molar-refractivity contribution < 1.29 is 4.79 Å². The molecule has 1 saturated carbocycles. The first-order chi connectivity index (χ1) is 10.8. The number of carbonyl (C=O) groups excluding carboxylic acids is 1. The molecule has 0 bridgehead atoms. The number of nitrogens with zero attached hydrogens (tertiary/aromatic N) is 4. The van der Waals surface area contributed by atoms with E-state index in [0.29, 0.717) is 5.91 Å². The Morgan fingerprint density at radius 1 is 1.09 bits per heavy atom. The molecule has 1 saturated heterocycles. The van der Waals surface area contributed by atoms with Crippen LogP contribution in [0.15, 0.2) is 36.7 Å². The molecule has 0 spiro atoms. The predicted molar refractivity (Wildman–Crippen MR) is 82.4 cm³/mol. The molecule has 0 radical (unpaired) electrons. The van der Waals surface area contributed by atoms with Gasteiger partial charge in [-0.15, -0.1) is 10.2 Å². The standard InChI is InChI=1S/C17H20N4O/c22-17(13-9-10-13)20-11-5-4-8-15(20)16-19-18-12-21(16)14-6-2-1-3-7-14/h1-3,6-7,12-13,15H,4-5,8-11H2. The maximum Gasteiger partial charge on any atom is 0.226 e. The molecule has 1 atom stereocenters. The van der Waals surface area contributed by atoms with Crippen LogP contribution in [0, 0.1) is 5.92 Å². The first-order valence-electron chi connectivity index (χ1n) is 8.10. The van der Waals surface area contributed by atoms with Crippen molar-refractivity contribution in [3.8, 4) is 5.69 Å². The highest BCUT2D eigenvalue weighted by Gasteiger charge is 2.39. The summed E-state index contributed by atoms with van der Waals surface area (Å²) in [7, 11) is 0. The van der Waals surface area contributed by atoms with Gasteiger partial charge >= 0.3 is 0 Å². The molecule has 2 aliphatic rings. The molecular formula is C17H20N4O. The van der Waals surface area contributed by atoms with E-state index in [1.807, 2.05) is 39.8 Å². The highest BCUT2D eigenvalue weighted by molar-refractivity contribution is 5.81. The third-order valence-electron chi connectivity index (χ3n) is 4.62. The smallest absolute Gasteiger partial charge is 0.226 e. The molecule has 5 heteroatoms. The molecule has 114 valence electrons. The summed E-state index contributed by atoms with van der Waals surface area (Å²) in [5, 5.41) is 8.45. The molecule has 2 aromatic rings. The van der Waals surface area contributed by atoms with E-state index in [1.165, 1.54) is 0 Å². The SMILES string of the molecule is O=C(C1CC1)N1CCCCC1c1nncn1-c1ccccc1. The van der Waals surface area contributed by atoms with Crippen LogP contribution in [0.1, 0.15) is 44.0 Å². The molecule has 1 aromatic carbocycles. The number of carbonyl (C=O) groups is 1. The van der Waals surface area contributed by atoms with E-state index in [2.05, 4.69) is 10.2 Å². The van der Waals surface area contributed by atoms with E-state index >= 15 is 0 Å². The second kappa shape index (κ2) is 5.55. The van der Waals surface area contributed by atoms with Gasteiger partial charge in [-0.2, -0.15) is 0 Å². The predicted octanol–water partition coefficient (Wildman–Crippen LogP) is 2.73. The Bertz CT molecular complexity index is 662. The van der Waals surface area contributed by atoms with E-state index in [0.717, 1.165) is 50.2 Å². The zero-order valence-corrected chi connectivity index (χ0v) is 12.6. The van der Waals surface area contributed by atoms with Crippen molar-refractivity contribution in [2.75, 3.05) is 6.54 Å². The minimum Gasteiger partial charge on any atom is -0.332 e. The summed E-state index contributed by atoms with van der Waals surface area (Å²) in [6.45, 7) is 0.849. The van der Waals surface area contributed by atoms with Gasteiger partial charge in [0.05, 0.1) is 6.04 Å². The quantitative estimate of drug-likeness (QED) is 0.875. The summed E-state index contributed by atoms with van der Waals surface area (Å²) < 4.78 is 2.02. The first kappa shape index (κ1) is 13.5. The van der Waals surface area contributed by atoms with E-state index in [-0.39, 0.29) is 12.0 Å². The largest absolute Gasteiger partial charge is 0.332 e. The summed E-state index contributed by atoms with van der Waals surface area (Å²) in [5.41, 5.74) is 1.05. The van der Waals surface area contributed by atoms with E-state index in [1.54, 1.807) is 6.33 Å². The summed E-state index contributed by atoms with van der Waals surface area (Å²) in [6.07, 6.45) is 7.05. The number of rotatable bonds is 3. The van der Waals surface area contributed by atoms with Crippen LogP contribution in [0.2, 0.25) is 0 Å². The average Bonchev–Trinajstić information content (AvgIpc) is 3.32. The van der Waals surface area contributed by atoms with Crippen LogP contribution in [0.25, 0.3) is 5.69 Å². The zero-order valence-electron chi connectivity index (χ0n) is 12.6. The van der Waals surface area contributed by atoms with E-state index in [4.69, 9.17) is 0 Å². The fraction of sp³-hybridized carbons (Fsp3) is 0.471. The van der Waals surface area contributed by atoms with Gasteiger partial charge in [-0.05, 0) is 44.2 Å². The Kier molecular flexibility index (Phi) is 3.41. The van der Waals surface area contributed by atoms with E-state index in [9.17, 15) is 4.79 Å². The minimum atomic E-state index is 0.0598. The summed E-state index contributed by atoms with van der Waals surface area (Å²) in [4.78, 5) is 14.6. The number of amides is 1. The molecule has 1 amide bonds. The average molecular weight is 296 g/mol. The first-order valence-corrected chi connectivity index (χ1v) is 8.10. The molecule has 1 aliphatic heterocycles. The normalized spacial score (nSPS) is 21.8. The Balaban J connectivity index is 1.68. The van der Waals surface area contributed by atoms with Gasteiger partial charge in [-0.1, -0.05) is 18.2 Å². The van der Waals surface area contributed by atoms with Crippen LogP contribution in [0.4, 0.5) is 0 Å². The van der Waals surface area contributed by atoms with Crippen LogP contribution >= 0.6 is 0 Å². The van der Waals surface area contributed by atoms with Gasteiger partial charge in [-0.3, -0.25) is 9.36 Å². The highest BCUT2D eigenvalue weighted by Crippen LogP contribution is 2.37. The third kappa shape index (κ3) is 2.40. The number of hydrogen-bond donors (Lipinski definition) is 0. The van der Waals surface area contributed by atoms with Crippen molar-refractivity contribution in [1.29, 1.82) is 0 Å². The lowest BCUT2D eigenvalue weighted by Gasteiger charge is -2.35. The number of benzene rings is 1. The van der Waals surface area contributed by atoms with E-state index < -0.39 is 0 Å². The molecule has 1 unspecified atom stereocenters. The molecule has 1 aliphatic carbocycles. The van der Waals surface area contributed by atoms with Crippen LogP contribution in [0.5, 0.6) is 0 Å². The Hall–Kier alpha value is -2.17. The lowest BCUT2D eigenvalue weighted by atomic mass is 10.0. The van der Waals surface area contributed by atoms with Gasteiger partial charge in [0, 0.05) is 18.2 Å². The molecular weight excluding hydrogens is 276 g/mol. The van der Waals surface area contributed by atoms with Gasteiger partial charge in [0.1, 0.15) is 6.33 Å². The second-order valence-corrected chi connectivity index (χ2v) is 6.21. The van der Waals surface area contributed by atoms with Crippen LogP contribution < -0.4 is 0 Å². The monoisotopic (exact) mass is 296 g/mol. The van der Waals surface area contributed by atoms with Gasteiger partial charge in [0.15, 0.2) is 5.82 Å². The van der Waals surface area contributed by atoms with Crippen molar-refractivity contribution in [3.63, 3.8) is 0 Å². The molecule has 4 rings (SSSR count). The Labute approximate surface area is 130 Å². The number of piperidine rings is 1. The number of aromatic nitrogens is 3. The van der Waals surface area contributed by atoms with Crippen molar-refractivity contribution in [3.05, 3.63) is 42.5 Å². The highest BCUT2D eigenvalue weighted by atomic mass is 16.2. The second-order valence-electron chi connectivity index (χ2n) is 6.21. The Morgan fingerprint density at radius 3 is 2.68 bits per heavy atom. The maximum atomic E-state index is 12.6. The lowest BCUT2D eigenvalue weighted by molar-refractivity contribution is -0.136. The molecule has 5 nitrogen and oxygen atoms in total. The van der Waals surface area contributed by atoms with Crippen molar-refractivity contribution >= 4 is 5.91 Å². The fourth-order valence-corrected chi connectivity index (χ4v) is 3.29. The number of likely N-dealkylation sites (tertiary alicyclic amines) is 1. The Morgan fingerprint density at radius 2 is 1.91 bits per heavy atom. The van der Waals surface area contributed by atoms with Gasteiger partial charge in [-0.25, -0.2) is 0 Å². The number of para-hydroxylation sites is 1. The maximum absolute atomic E-state index is 12.6. The molecule has 22 heavy (non-hydrogen) atoms. The van der Waals surface area contributed by atoms with Crippen LogP contribution in [0.3, 0.4) is 0 Å². The van der Waals surface area contributed by atoms with Gasteiger partial charge < -0.3 is 4.90 Å². The minimum absolute atomic E-state index is 0.0598. The van der Waals surface area contributed by atoms with Crippen molar-refractivity contribution in [2.24, 2.45) is 5.92 Å². The number of hydrogen-bond acceptors (Lipinski definition) is 3. The summed E-state index contributed by atoms with van der Waals surface area (Å²) >= 11 is 0. The molecule has 0 N–H and O–H groups in total. The fourth-order valence-electron chi connectivity index (χ4n) is 3.29. The van der Waals surface area contributed by atoms with Crippen LogP contribution in [-0.2, 0) is 4.79 Å². The van der Waals surface area contributed by atoms with Crippen molar-refractivity contribution in [2.45, 2.75) is 38.1 Å². The lowest BCUT2D eigenvalue weighted by Crippen LogP contribution is -2.40.